The summed E-state index contributed by atoms with van der Waals surface area (Å²) in [7, 11) is 0. The Morgan fingerprint density at radius 2 is 1.50 bits per heavy atom. The quantitative estimate of drug-likeness (QED) is 0.252. The van der Waals surface area contributed by atoms with Gasteiger partial charge in [0.2, 0.25) is 0 Å². The molecule has 0 aliphatic carbocycles. The number of rotatable bonds is 17. The maximum absolute atomic E-state index is 10.4. The molecule has 0 aliphatic rings. The number of carboxylic acids is 1. The molecule has 0 spiro atoms. The van der Waals surface area contributed by atoms with Crippen molar-refractivity contribution < 1.29 is 15.0 Å². The van der Waals surface area contributed by atoms with Gasteiger partial charge in [0.15, 0.2) is 0 Å². The Bertz CT molecular complexity index is 334. The maximum atomic E-state index is 10.4. The SMILES string of the molecule is CCCCCC(O)C=CC=CCCCCCCCCCCC(=O)O. The molecule has 0 amide bonds. The van der Waals surface area contributed by atoms with Gasteiger partial charge in [0.05, 0.1) is 6.10 Å². The highest BCUT2D eigenvalue weighted by Gasteiger charge is 1.97. The fraction of sp³-hybridized carbons (Fsp3) is 0.762. The second kappa shape index (κ2) is 18.3. The van der Waals surface area contributed by atoms with Crippen molar-refractivity contribution in [2.24, 2.45) is 0 Å². The van der Waals surface area contributed by atoms with Gasteiger partial charge in [-0.2, -0.15) is 0 Å². The van der Waals surface area contributed by atoms with Gasteiger partial charge in [-0.15, -0.1) is 0 Å². The third-order valence-corrected chi connectivity index (χ3v) is 4.20. The van der Waals surface area contributed by atoms with Crippen molar-refractivity contribution in [1.82, 2.24) is 0 Å². The van der Waals surface area contributed by atoms with E-state index in [4.69, 9.17) is 5.11 Å². The van der Waals surface area contributed by atoms with Crippen LogP contribution < -0.4 is 0 Å². The van der Waals surface area contributed by atoms with E-state index in [-0.39, 0.29) is 6.10 Å². The summed E-state index contributed by atoms with van der Waals surface area (Å²) in [6.45, 7) is 2.17. The number of carboxylic acid groups (broad SMARTS) is 1. The molecule has 0 saturated heterocycles. The highest BCUT2D eigenvalue weighted by molar-refractivity contribution is 5.66. The standard InChI is InChI=1S/C21H38O3/c1-2-3-14-17-20(22)18-15-12-10-8-6-4-5-7-9-11-13-16-19-21(23)24/h10,12,15,18,20,22H,2-9,11,13-14,16-17,19H2,1H3,(H,23,24). The second-order valence-electron chi connectivity index (χ2n) is 6.64. The Kier molecular flexibility index (Phi) is 17.4. The Morgan fingerprint density at radius 1 is 0.875 bits per heavy atom. The molecular formula is C21H38O3. The predicted octanol–water partition coefficient (Wildman–Crippen LogP) is 6.03. The van der Waals surface area contributed by atoms with E-state index in [1.54, 1.807) is 0 Å². The summed E-state index contributed by atoms with van der Waals surface area (Å²) in [4.78, 5) is 10.4. The van der Waals surface area contributed by atoms with Crippen LogP contribution in [0.2, 0.25) is 0 Å². The van der Waals surface area contributed by atoms with Crippen LogP contribution in [0.3, 0.4) is 0 Å². The predicted molar refractivity (Wildman–Crippen MR) is 102 cm³/mol. The molecule has 0 radical (unpaired) electrons. The van der Waals surface area contributed by atoms with Crippen LogP contribution in [-0.4, -0.2) is 22.3 Å². The highest BCUT2D eigenvalue weighted by Crippen LogP contribution is 2.11. The van der Waals surface area contributed by atoms with Crippen LogP contribution in [0.4, 0.5) is 0 Å². The van der Waals surface area contributed by atoms with Crippen LogP contribution in [0.15, 0.2) is 24.3 Å². The lowest BCUT2D eigenvalue weighted by molar-refractivity contribution is -0.137. The van der Waals surface area contributed by atoms with E-state index in [9.17, 15) is 9.90 Å². The molecule has 0 aliphatic heterocycles. The lowest BCUT2D eigenvalue weighted by Gasteiger charge is -2.03. The molecule has 3 nitrogen and oxygen atoms in total. The zero-order valence-corrected chi connectivity index (χ0v) is 15.6. The average molecular weight is 339 g/mol. The van der Waals surface area contributed by atoms with Crippen molar-refractivity contribution in [3.63, 3.8) is 0 Å². The molecule has 0 bridgehead atoms. The minimum atomic E-state index is -0.677. The smallest absolute Gasteiger partial charge is 0.303 e. The van der Waals surface area contributed by atoms with Gasteiger partial charge in [-0.05, 0) is 25.7 Å². The van der Waals surface area contributed by atoms with Crippen LogP contribution >= 0.6 is 0 Å². The van der Waals surface area contributed by atoms with Gasteiger partial charge in [0, 0.05) is 6.42 Å². The Balaban J connectivity index is 3.30. The summed E-state index contributed by atoms with van der Waals surface area (Å²) >= 11 is 0. The summed E-state index contributed by atoms with van der Waals surface area (Å²) in [5.41, 5.74) is 0. The second-order valence-corrected chi connectivity index (χ2v) is 6.64. The van der Waals surface area contributed by atoms with Crippen LogP contribution in [0.25, 0.3) is 0 Å². The molecule has 0 rings (SSSR count). The molecule has 0 aromatic carbocycles. The van der Waals surface area contributed by atoms with Crippen LogP contribution in [-0.2, 0) is 4.79 Å². The third kappa shape index (κ3) is 19.0. The van der Waals surface area contributed by atoms with Crippen LogP contribution in [0.1, 0.15) is 96.8 Å². The third-order valence-electron chi connectivity index (χ3n) is 4.20. The van der Waals surface area contributed by atoms with Gasteiger partial charge in [0.25, 0.3) is 0 Å². The van der Waals surface area contributed by atoms with Crippen LogP contribution in [0.5, 0.6) is 0 Å². The minimum absolute atomic E-state index is 0.295. The number of hydrogen-bond donors (Lipinski definition) is 2. The lowest BCUT2D eigenvalue weighted by Crippen LogP contribution is -2.00. The number of unbranched alkanes of at least 4 members (excludes halogenated alkanes) is 10. The van der Waals surface area contributed by atoms with E-state index in [0.29, 0.717) is 6.42 Å². The Morgan fingerprint density at radius 3 is 2.12 bits per heavy atom. The van der Waals surface area contributed by atoms with E-state index in [1.165, 1.54) is 51.4 Å². The van der Waals surface area contributed by atoms with Gasteiger partial charge in [-0.25, -0.2) is 0 Å². The van der Waals surface area contributed by atoms with Crippen LogP contribution in [0, 0.1) is 0 Å². The molecule has 1 atom stereocenters. The Labute approximate surface area is 148 Å². The molecule has 3 heteroatoms. The first-order chi connectivity index (χ1) is 11.7. The van der Waals surface area contributed by atoms with Gasteiger partial charge >= 0.3 is 5.97 Å². The monoisotopic (exact) mass is 338 g/mol. The summed E-state index contributed by atoms with van der Waals surface area (Å²) in [5, 5.41) is 18.3. The molecule has 2 N–H and O–H groups in total. The number of carbonyl (C=O) groups is 1. The van der Waals surface area contributed by atoms with Crippen molar-refractivity contribution >= 4 is 5.97 Å². The number of aliphatic carboxylic acids is 1. The van der Waals surface area contributed by atoms with Crippen molar-refractivity contribution in [3.05, 3.63) is 24.3 Å². The zero-order chi connectivity index (χ0) is 17.9. The Hall–Kier alpha value is -1.09. The van der Waals surface area contributed by atoms with E-state index in [2.05, 4.69) is 13.0 Å². The molecule has 24 heavy (non-hydrogen) atoms. The average Bonchev–Trinajstić information content (AvgIpc) is 2.55. The largest absolute Gasteiger partial charge is 0.481 e. The fourth-order valence-electron chi connectivity index (χ4n) is 2.67. The number of aliphatic hydroxyl groups is 1. The van der Waals surface area contributed by atoms with Crippen molar-refractivity contribution in [2.75, 3.05) is 0 Å². The van der Waals surface area contributed by atoms with Gasteiger partial charge in [-0.3, -0.25) is 4.79 Å². The first-order valence-corrected chi connectivity index (χ1v) is 9.90. The lowest BCUT2D eigenvalue weighted by atomic mass is 10.1. The first kappa shape index (κ1) is 22.9. The number of hydrogen-bond acceptors (Lipinski definition) is 2. The van der Waals surface area contributed by atoms with Crippen molar-refractivity contribution in [1.29, 1.82) is 0 Å². The van der Waals surface area contributed by atoms with Crippen molar-refractivity contribution in [3.8, 4) is 0 Å². The minimum Gasteiger partial charge on any atom is -0.481 e. The molecule has 140 valence electrons. The topological polar surface area (TPSA) is 57.5 Å². The number of aliphatic hydroxyl groups excluding tert-OH is 1. The molecule has 0 aromatic rings. The summed E-state index contributed by atoms with van der Waals surface area (Å²) in [6, 6.07) is 0. The zero-order valence-electron chi connectivity index (χ0n) is 15.6. The molecule has 0 heterocycles. The van der Waals surface area contributed by atoms with E-state index in [0.717, 1.165) is 32.1 Å². The van der Waals surface area contributed by atoms with E-state index >= 15 is 0 Å². The van der Waals surface area contributed by atoms with Crippen molar-refractivity contribution in [2.45, 2.75) is 103 Å². The molecular weight excluding hydrogens is 300 g/mol. The fourth-order valence-corrected chi connectivity index (χ4v) is 2.67. The first-order valence-electron chi connectivity index (χ1n) is 9.90. The summed E-state index contributed by atoms with van der Waals surface area (Å²) < 4.78 is 0. The van der Waals surface area contributed by atoms with E-state index < -0.39 is 5.97 Å². The molecule has 1 unspecified atom stereocenters. The summed E-state index contributed by atoms with van der Waals surface area (Å²) in [6.07, 6.45) is 22.9. The molecule has 0 aromatic heterocycles. The molecule has 0 saturated carbocycles. The van der Waals surface area contributed by atoms with E-state index in [1.807, 2.05) is 18.2 Å². The van der Waals surface area contributed by atoms with Gasteiger partial charge in [0.1, 0.15) is 0 Å². The maximum Gasteiger partial charge on any atom is 0.303 e. The van der Waals surface area contributed by atoms with Gasteiger partial charge < -0.3 is 10.2 Å². The van der Waals surface area contributed by atoms with Gasteiger partial charge in [-0.1, -0.05) is 89.0 Å². The molecule has 0 fully saturated rings. The highest BCUT2D eigenvalue weighted by atomic mass is 16.4. The normalized spacial score (nSPS) is 13.1. The summed E-state index contributed by atoms with van der Waals surface area (Å²) in [5.74, 6) is -0.677. The number of allylic oxidation sites excluding steroid dienone is 3.